The Morgan fingerprint density at radius 1 is 1.00 bits per heavy atom. The standard InChI is InChI=1S/C28H25F2N7O/c1-17(38)35-21-9-18(27-24(29)3-2-4-25(27)30)10-23(12-21)36-16-33-26-11-19(13-32-28(26)36)20-14-34-37(15-20)22-5-7-31-8-6-22/h2-4,9-16,22,31H,5-8H2,1H3,(H,35,38). The van der Waals surface area contributed by atoms with Crippen molar-refractivity contribution in [2.24, 2.45) is 0 Å². The van der Waals surface area contributed by atoms with Crippen molar-refractivity contribution >= 4 is 22.8 Å². The summed E-state index contributed by atoms with van der Waals surface area (Å²) in [4.78, 5) is 21.0. The van der Waals surface area contributed by atoms with Crippen molar-refractivity contribution in [3.05, 3.63) is 79.0 Å². The fraction of sp³-hybridized carbons (Fsp3) is 0.214. The zero-order valence-electron chi connectivity index (χ0n) is 20.7. The fourth-order valence-electron chi connectivity index (χ4n) is 4.95. The number of nitrogens with one attached hydrogen (secondary N) is 2. The minimum absolute atomic E-state index is 0.175. The van der Waals surface area contributed by atoms with Gasteiger partial charge in [0.2, 0.25) is 5.91 Å². The lowest BCUT2D eigenvalue weighted by Crippen LogP contribution is -2.29. The molecule has 10 heteroatoms. The Bertz CT molecular complexity index is 1630. The van der Waals surface area contributed by atoms with Crippen LogP contribution >= 0.6 is 0 Å². The molecule has 1 fully saturated rings. The van der Waals surface area contributed by atoms with Crippen LogP contribution < -0.4 is 10.6 Å². The number of fused-ring (bicyclic) bond motifs is 1. The Kier molecular flexibility index (Phi) is 6.16. The number of aromatic nitrogens is 5. The van der Waals surface area contributed by atoms with Gasteiger partial charge in [-0.25, -0.2) is 18.7 Å². The summed E-state index contributed by atoms with van der Waals surface area (Å²) in [6, 6.07) is 10.9. The van der Waals surface area contributed by atoms with Crippen LogP contribution in [0.1, 0.15) is 25.8 Å². The van der Waals surface area contributed by atoms with Crippen LogP contribution in [0.25, 0.3) is 39.1 Å². The van der Waals surface area contributed by atoms with E-state index in [1.807, 2.05) is 23.1 Å². The Labute approximate surface area is 217 Å². The second-order valence-corrected chi connectivity index (χ2v) is 9.42. The summed E-state index contributed by atoms with van der Waals surface area (Å²) in [5.41, 5.74) is 4.13. The van der Waals surface area contributed by atoms with Crippen molar-refractivity contribution in [1.82, 2.24) is 29.6 Å². The first-order valence-electron chi connectivity index (χ1n) is 12.4. The highest BCUT2D eigenvalue weighted by Crippen LogP contribution is 2.32. The SMILES string of the molecule is CC(=O)Nc1cc(-c2c(F)cccc2F)cc(-n2cnc3cc(-c4cnn(C5CCNCC5)c4)cnc32)c1. The lowest BCUT2D eigenvalue weighted by Gasteiger charge is -2.22. The molecule has 1 amide bonds. The van der Waals surface area contributed by atoms with Crippen LogP contribution in [0.2, 0.25) is 0 Å². The van der Waals surface area contributed by atoms with Crippen LogP contribution in [0.15, 0.2) is 67.4 Å². The van der Waals surface area contributed by atoms with Crippen molar-refractivity contribution in [2.45, 2.75) is 25.8 Å². The molecule has 192 valence electrons. The van der Waals surface area contributed by atoms with Gasteiger partial charge in [-0.3, -0.25) is 14.0 Å². The van der Waals surface area contributed by atoms with E-state index in [1.54, 1.807) is 29.2 Å². The number of halogens is 2. The van der Waals surface area contributed by atoms with Gasteiger partial charge in [0.05, 0.1) is 23.5 Å². The highest BCUT2D eigenvalue weighted by atomic mass is 19.1. The summed E-state index contributed by atoms with van der Waals surface area (Å²) in [6.07, 6.45) is 9.34. The van der Waals surface area contributed by atoms with E-state index in [4.69, 9.17) is 0 Å². The maximum absolute atomic E-state index is 14.6. The van der Waals surface area contributed by atoms with Gasteiger partial charge < -0.3 is 10.6 Å². The van der Waals surface area contributed by atoms with E-state index in [-0.39, 0.29) is 17.0 Å². The third kappa shape index (κ3) is 4.54. The molecule has 0 bridgehead atoms. The van der Waals surface area contributed by atoms with Gasteiger partial charge in [-0.15, -0.1) is 0 Å². The van der Waals surface area contributed by atoms with Crippen molar-refractivity contribution in [1.29, 1.82) is 0 Å². The highest BCUT2D eigenvalue weighted by molar-refractivity contribution is 5.90. The van der Waals surface area contributed by atoms with E-state index < -0.39 is 11.6 Å². The molecule has 0 spiro atoms. The molecule has 8 nitrogen and oxygen atoms in total. The summed E-state index contributed by atoms with van der Waals surface area (Å²) >= 11 is 0. The molecular weight excluding hydrogens is 488 g/mol. The summed E-state index contributed by atoms with van der Waals surface area (Å²) in [6.45, 7) is 3.34. The predicted molar refractivity (Wildman–Crippen MR) is 141 cm³/mol. The van der Waals surface area contributed by atoms with E-state index in [2.05, 4.69) is 25.7 Å². The molecule has 5 aromatic rings. The highest BCUT2D eigenvalue weighted by Gasteiger charge is 2.18. The Morgan fingerprint density at radius 2 is 1.79 bits per heavy atom. The predicted octanol–water partition coefficient (Wildman–Crippen LogP) is 5.11. The number of piperidine rings is 1. The molecule has 3 aromatic heterocycles. The number of pyridine rings is 1. The minimum atomic E-state index is -0.695. The average molecular weight is 514 g/mol. The number of nitrogens with zero attached hydrogens (tertiary/aromatic N) is 5. The van der Waals surface area contributed by atoms with Gasteiger partial charge in [-0.2, -0.15) is 5.10 Å². The summed E-state index contributed by atoms with van der Waals surface area (Å²) < 4.78 is 33.0. The average Bonchev–Trinajstić information content (AvgIpc) is 3.56. The first-order chi connectivity index (χ1) is 18.5. The zero-order chi connectivity index (χ0) is 26.2. The number of benzene rings is 2. The second kappa shape index (κ2) is 9.79. The maximum Gasteiger partial charge on any atom is 0.221 e. The number of anilines is 1. The van der Waals surface area contributed by atoms with Gasteiger partial charge in [0.15, 0.2) is 5.65 Å². The van der Waals surface area contributed by atoms with Crippen LogP contribution in [-0.2, 0) is 4.79 Å². The van der Waals surface area contributed by atoms with E-state index in [9.17, 15) is 13.6 Å². The number of carbonyl (C=O) groups is 1. The molecule has 1 aliphatic heterocycles. The van der Waals surface area contributed by atoms with Gasteiger partial charge in [0, 0.05) is 36.1 Å². The van der Waals surface area contributed by atoms with Crippen molar-refractivity contribution in [3.63, 3.8) is 0 Å². The number of imidazole rings is 1. The molecule has 4 heterocycles. The molecule has 0 radical (unpaired) electrons. The molecule has 6 rings (SSSR count). The zero-order valence-corrected chi connectivity index (χ0v) is 20.7. The molecule has 0 aliphatic carbocycles. The lowest BCUT2D eigenvalue weighted by molar-refractivity contribution is -0.114. The Morgan fingerprint density at radius 3 is 2.55 bits per heavy atom. The van der Waals surface area contributed by atoms with Gasteiger partial charge in [-0.05, 0) is 67.9 Å². The largest absolute Gasteiger partial charge is 0.326 e. The third-order valence-corrected chi connectivity index (χ3v) is 6.77. The van der Waals surface area contributed by atoms with E-state index in [1.165, 1.54) is 31.2 Å². The van der Waals surface area contributed by atoms with Gasteiger partial charge in [0.1, 0.15) is 23.5 Å². The third-order valence-electron chi connectivity index (χ3n) is 6.77. The Hall–Kier alpha value is -4.44. The monoisotopic (exact) mass is 513 g/mol. The van der Waals surface area contributed by atoms with Gasteiger partial charge in [-0.1, -0.05) is 6.07 Å². The summed E-state index contributed by atoms with van der Waals surface area (Å²) in [5, 5.41) is 10.7. The normalized spacial score (nSPS) is 14.2. The number of hydrogen-bond donors (Lipinski definition) is 2. The molecule has 2 aromatic carbocycles. The molecule has 0 atom stereocenters. The molecule has 0 saturated carbocycles. The number of hydrogen-bond acceptors (Lipinski definition) is 5. The lowest BCUT2D eigenvalue weighted by atomic mass is 10.0. The fourth-order valence-corrected chi connectivity index (χ4v) is 4.95. The van der Waals surface area contributed by atoms with Gasteiger partial charge >= 0.3 is 0 Å². The molecule has 1 saturated heterocycles. The minimum Gasteiger partial charge on any atom is -0.326 e. The second-order valence-electron chi connectivity index (χ2n) is 9.42. The van der Waals surface area contributed by atoms with Crippen molar-refractivity contribution in [2.75, 3.05) is 18.4 Å². The molecule has 1 aliphatic rings. The number of carbonyl (C=O) groups excluding carboxylic acids is 1. The first kappa shape index (κ1) is 23.9. The number of amides is 1. The van der Waals surface area contributed by atoms with Crippen LogP contribution in [-0.4, -0.2) is 43.3 Å². The van der Waals surface area contributed by atoms with E-state index in [0.717, 1.165) is 37.1 Å². The van der Waals surface area contributed by atoms with E-state index >= 15 is 0 Å². The van der Waals surface area contributed by atoms with Crippen LogP contribution in [0.3, 0.4) is 0 Å². The van der Waals surface area contributed by atoms with Gasteiger partial charge in [0.25, 0.3) is 0 Å². The van der Waals surface area contributed by atoms with Crippen LogP contribution in [0.4, 0.5) is 14.5 Å². The van der Waals surface area contributed by atoms with Crippen molar-refractivity contribution < 1.29 is 13.6 Å². The molecule has 0 unspecified atom stereocenters. The Balaban J connectivity index is 1.39. The summed E-state index contributed by atoms with van der Waals surface area (Å²) in [7, 11) is 0. The molecule has 38 heavy (non-hydrogen) atoms. The van der Waals surface area contributed by atoms with Crippen LogP contribution in [0.5, 0.6) is 0 Å². The van der Waals surface area contributed by atoms with E-state index in [0.29, 0.717) is 28.6 Å². The molecular formula is C28H25F2N7O. The first-order valence-corrected chi connectivity index (χ1v) is 12.4. The molecule has 2 N–H and O–H groups in total. The van der Waals surface area contributed by atoms with Crippen LogP contribution in [0, 0.1) is 11.6 Å². The number of rotatable bonds is 5. The summed E-state index contributed by atoms with van der Waals surface area (Å²) in [5.74, 6) is -1.69. The maximum atomic E-state index is 14.6. The smallest absolute Gasteiger partial charge is 0.221 e. The van der Waals surface area contributed by atoms with Crippen molar-refractivity contribution in [3.8, 4) is 27.9 Å². The topological polar surface area (TPSA) is 89.7 Å². The quantitative estimate of drug-likeness (QED) is 0.341.